The van der Waals surface area contributed by atoms with Crippen molar-refractivity contribution >= 4 is 11.9 Å². The van der Waals surface area contributed by atoms with Crippen LogP contribution >= 0.6 is 0 Å². The second-order valence-corrected chi connectivity index (χ2v) is 4.96. The van der Waals surface area contributed by atoms with E-state index in [1.54, 1.807) is 0 Å². The Morgan fingerprint density at radius 1 is 1.36 bits per heavy atom. The number of carboxylic acid groups (broad SMARTS) is 1. The van der Waals surface area contributed by atoms with Gasteiger partial charge in [0.05, 0.1) is 6.42 Å². The molecule has 1 aromatic rings. The van der Waals surface area contributed by atoms with Gasteiger partial charge in [-0.05, 0) is 30.5 Å². The van der Waals surface area contributed by atoms with Gasteiger partial charge in [-0.2, -0.15) is 0 Å². The topological polar surface area (TPSA) is 66.8 Å². The van der Waals surface area contributed by atoms with Crippen molar-refractivity contribution in [3.05, 3.63) is 29.8 Å². The van der Waals surface area contributed by atoms with Gasteiger partial charge in [0.15, 0.2) is 0 Å². The average Bonchev–Trinajstić information content (AvgIpc) is 2.86. The number of benzene rings is 1. The molecule has 1 aliphatic rings. The van der Waals surface area contributed by atoms with Gasteiger partial charge in [0, 0.05) is 6.54 Å². The summed E-state index contributed by atoms with van der Waals surface area (Å²) in [4.78, 5) is 24.4. The predicted octanol–water partition coefficient (Wildman–Crippen LogP) is 2.20. The number of aliphatic carboxylic acids is 1. The Morgan fingerprint density at radius 3 is 2.73 bits per heavy atom. The molecule has 8 heteroatoms. The second kappa shape index (κ2) is 6.25. The Balaban J connectivity index is 2.05. The summed E-state index contributed by atoms with van der Waals surface area (Å²) in [5, 5.41) is 9.03. The van der Waals surface area contributed by atoms with E-state index in [-0.39, 0.29) is 6.42 Å². The maximum Gasteiger partial charge on any atom is 0.573 e. The minimum atomic E-state index is -4.80. The van der Waals surface area contributed by atoms with Crippen LogP contribution in [0.3, 0.4) is 0 Å². The van der Waals surface area contributed by atoms with Crippen molar-refractivity contribution in [2.45, 2.75) is 31.7 Å². The average molecular weight is 317 g/mol. The highest BCUT2D eigenvalue weighted by molar-refractivity contribution is 5.85. The number of carbonyl (C=O) groups excluding carboxylic acids is 1. The van der Waals surface area contributed by atoms with Crippen molar-refractivity contribution < 1.29 is 32.6 Å². The van der Waals surface area contributed by atoms with Crippen molar-refractivity contribution in [3.63, 3.8) is 0 Å². The monoisotopic (exact) mass is 317 g/mol. The van der Waals surface area contributed by atoms with Crippen LogP contribution in [0.25, 0.3) is 0 Å². The lowest BCUT2D eigenvalue weighted by Crippen LogP contribution is -2.41. The first-order valence-corrected chi connectivity index (χ1v) is 6.63. The van der Waals surface area contributed by atoms with Gasteiger partial charge in [0.1, 0.15) is 11.8 Å². The van der Waals surface area contributed by atoms with E-state index in [4.69, 9.17) is 5.11 Å². The fourth-order valence-corrected chi connectivity index (χ4v) is 2.45. The Bertz CT molecular complexity index is 573. The molecule has 1 saturated heterocycles. The lowest BCUT2D eigenvalue weighted by atomic mass is 10.1. The number of hydrogen-bond donors (Lipinski definition) is 1. The van der Waals surface area contributed by atoms with Gasteiger partial charge in [-0.1, -0.05) is 12.1 Å². The highest BCUT2D eigenvalue weighted by atomic mass is 19.4. The molecule has 0 aliphatic carbocycles. The van der Waals surface area contributed by atoms with Gasteiger partial charge in [-0.15, -0.1) is 13.2 Å². The highest BCUT2D eigenvalue weighted by Gasteiger charge is 2.34. The molecule has 120 valence electrons. The van der Waals surface area contributed by atoms with Crippen LogP contribution in [0.15, 0.2) is 24.3 Å². The summed E-state index contributed by atoms with van der Waals surface area (Å²) >= 11 is 0. The van der Waals surface area contributed by atoms with Gasteiger partial charge in [0.2, 0.25) is 5.91 Å². The summed E-state index contributed by atoms with van der Waals surface area (Å²) in [6, 6.07) is 4.24. The second-order valence-electron chi connectivity index (χ2n) is 4.96. The zero-order valence-corrected chi connectivity index (χ0v) is 11.5. The molecule has 0 spiro atoms. The van der Waals surface area contributed by atoms with E-state index in [9.17, 15) is 22.8 Å². The molecule has 1 atom stereocenters. The van der Waals surface area contributed by atoms with Gasteiger partial charge < -0.3 is 14.7 Å². The van der Waals surface area contributed by atoms with E-state index < -0.39 is 30.0 Å². The SMILES string of the molecule is O=C(O)[C@H]1CCCN1C(=O)Cc1cccc(OC(F)(F)F)c1. The quantitative estimate of drug-likeness (QED) is 0.924. The third-order valence-electron chi connectivity index (χ3n) is 3.35. The van der Waals surface area contributed by atoms with Crippen LogP contribution < -0.4 is 4.74 Å². The number of amides is 1. The van der Waals surface area contributed by atoms with Crippen molar-refractivity contribution in [1.29, 1.82) is 0 Å². The number of alkyl halides is 3. The lowest BCUT2D eigenvalue weighted by Gasteiger charge is -2.21. The number of nitrogens with zero attached hydrogens (tertiary/aromatic N) is 1. The summed E-state index contributed by atoms with van der Waals surface area (Å²) in [6.45, 7) is 0.342. The number of ether oxygens (including phenoxy) is 1. The van der Waals surface area contributed by atoms with E-state index in [0.717, 1.165) is 12.1 Å². The molecule has 0 aromatic heterocycles. The summed E-state index contributed by atoms with van der Waals surface area (Å²) in [7, 11) is 0. The zero-order chi connectivity index (χ0) is 16.3. The highest BCUT2D eigenvalue weighted by Crippen LogP contribution is 2.24. The minimum Gasteiger partial charge on any atom is -0.480 e. The maximum atomic E-state index is 12.2. The normalized spacial score (nSPS) is 18.3. The molecule has 22 heavy (non-hydrogen) atoms. The number of carbonyl (C=O) groups is 2. The fourth-order valence-electron chi connectivity index (χ4n) is 2.45. The Hall–Kier alpha value is -2.25. The van der Waals surface area contributed by atoms with E-state index in [1.165, 1.54) is 17.0 Å². The minimum absolute atomic E-state index is 0.168. The third kappa shape index (κ3) is 4.12. The van der Waals surface area contributed by atoms with Crippen LogP contribution in [-0.4, -0.2) is 40.8 Å². The van der Waals surface area contributed by atoms with E-state index in [0.29, 0.717) is 24.9 Å². The first-order chi connectivity index (χ1) is 10.3. The Morgan fingerprint density at radius 2 is 2.09 bits per heavy atom. The lowest BCUT2D eigenvalue weighted by molar-refractivity contribution is -0.274. The molecular formula is C14H14F3NO4. The smallest absolute Gasteiger partial charge is 0.480 e. The molecule has 1 aromatic carbocycles. The Labute approximate surface area is 124 Å². The van der Waals surface area contributed by atoms with Crippen LogP contribution in [0.2, 0.25) is 0 Å². The number of hydrogen-bond acceptors (Lipinski definition) is 3. The summed E-state index contributed by atoms with van der Waals surface area (Å²) in [5.41, 5.74) is 0.336. The number of rotatable bonds is 4. The summed E-state index contributed by atoms with van der Waals surface area (Å²) < 4.78 is 40.3. The molecule has 0 bridgehead atoms. The summed E-state index contributed by atoms with van der Waals surface area (Å²) in [6.07, 6.45) is -3.98. The standard InChI is InChI=1S/C14H14F3NO4/c15-14(16,17)22-10-4-1-3-9(7-10)8-12(19)18-6-2-5-11(18)13(20)21/h1,3-4,7,11H,2,5-6,8H2,(H,20,21)/t11-/m1/s1. The van der Waals surface area contributed by atoms with Crippen molar-refractivity contribution in [1.82, 2.24) is 4.90 Å². The predicted molar refractivity (Wildman–Crippen MR) is 69.2 cm³/mol. The molecule has 1 heterocycles. The molecular weight excluding hydrogens is 303 g/mol. The molecule has 0 saturated carbocycles. The first kappa shape index (κ1) is 16.1. The molecule has 5 nitrogen and oxygen atoms in total. The zero-order valence-electron chi connectivity index (χ0n) is 11.5. The van der Waals surface area contributed by atoms with E-state index >= 15 is 0 Å². The van der Waals surface area contributed by atoms with Crippen LogP contribution in [0, 0.1) is 0 Å². The van der Waals surface area contributed by atoms with Gasteiger partial charge in [-0.3, -0.25) is 4.79 Å². The van der Waals surface area contributed by atoms with E-state index in [2.05, 4.69) is 4.74 Å². The van der Waals surface area contributed by atoms with Crippen molar-refractivity contribution in [3.8, 4) is 5.75 Å². The molecule has 2 rings (SSSR count). The molecule has 1 amide bonds. The maximum absolute atomic E-state index is 12.2. The van der Waals surface area contributed by atoms with Crippen molar-refractivity contribution in [2.75, 3.05) is 6.54 Å². The third-order valence-corrected chi connectivity index (χ3v) is 3.35. The number of halogens is 3. The first-order valence-electron chi connectivity index (χ1n) is 6.63. The molecule has 1 fully saturated rings. The van der Waals surface area contributed by atoms with Crippen molar-refractivity contribution in [2.24, 2.45) is 0 Å². The van der Waals surface area contributed by atoms with Crippen LogP contribution in [0.4, 0.5) is 13.2 Å². The number of carboxylic acids is 1. The van der Waals surface area contributed by atoms with Crippen LogP contribution in [0.1, 0.15) is 18.4 Å². The van der Waals surface area contributed by atoms with E-state index in [1.807, 2.05) is 0 Å². The largest absolute Gasteiger partial charge is 0.573 e. The van der Waals surface area contributed by atoms with Crippen LogP contribution in [0.5, 0.6) is 5.75 Å². The molecule has 1 N–H and O–H groups in total. The fraction of sp³-hybridized carbons (Fsp3) is 0.429. The molecule has 0 radical (unpaired) electrons. The van der Waals surface area contributed by atoms with Crippen LogP contribution in [-0.2, 0) is 16.0 Å². The van der Waals surface area contributed by atoms with Gasteiger partial charge >= 0.3 is 12.3 Å². The summed E-state index contributed by atoms with van der Waals surface area (Å²) in [5.74, 6) is -1.90. The molecule has 0 unspecified atom stereocenters. The molecule has 1 aliphatic heterocycles. The van der Waals surface area contributed by atoms with Gasteiger partial charge in [-0.25, -0.2) is 4.79 Å². The Kier molecular flexibility index (Phi) is 4.58. The van der Waals surface area contributed by atoms with Gasteiger partial charge in [0.25, 0.3) is 0 Å². The number of likely N-dealkylation sites (tertiary alicyclic amines) is 1.